The molecule has 0 saturated carbocycles. The molecule has 2 N–H and O–H groups in total. The van der Waals surface area contributed by atoms with Crippen molar-refractivity contribution in [2.45, 2.75) is 46.5 Å². The fraction of sp³-hybridized carbons (Fsp3) is 0.360. The number of carbonyl (C=O) groups is 4. The third-order valence-electron chi connectivity index (χ3n) is 4.82. The molecule has 0 aliphatic carbocycles. The monoisotopic (exact) mass is 454 g/mol. The van der Waals surface area contributed by atoms with E-state index in [1.807, 2.05) is 32.9 Å². The smallest absolute Gasteiger partial charge is 0.338 e. The van der Waals surface area contributed by atoms with Crippen molar-refractivity contribution < 1.29 is 28.7 Å². The second kappa shape index (κ2) is 13.0. The number of aryl methyl sites for hydroxylation is 2. The highest BCUT2D eigenvalue weighted by Crippen LogP contribution is 2.14. The zero-order valence-corrected chi connectivity index (χ0v) is 19.2. The predicted molar refractivity (Wildman–Crippen MR) is 125 cm³/mol. The van der Waals surface area contributed by atoms with Crippen LogP contribution < -0.4 is 10.6 Å². The van der Waals surface area contributed by atoms with Crippen molar-refractivity contribution in [3.05, 3.63) is 59.2 Å². The van der Waals surface area contributed by atoms with Crippen LogP contribution in [0.2, 0.25) is 0 Å². The molecule has 0 aromatic heterocycles. The van der Waals surface area contributed by atoms with E-state index in [9.17, 15) is 19.2 Å². The fourth-order valence-corrected chi connectivity index (χ4v) is 2.79. The Morgan fingerprint density at radius 2 is 1.55 bits per heavy atom. The molecule has 0 radical (unpaired) electrons. The lowest BCUT2D eigenvalue weighted by atomic mass is 10.1. The molecular formula is C25H30N2O6. The summed E-state index contributed by atoms with van der Waals surface area (Å²) in [7, 11) is 0. The molecule has 0 unspecified atom stereocenters. The number of esters is 2. The second-order valence-corrected chi connectivity index (χ2v) is 7.63. The summed E-state index contributed by atoms with van der Waals surface area (Å²) in [6.45, 7) is 5.82. The van der Waals surface area contributed by atoms with Gasteiger partial charge in [-0.15, -0.1) is 0 Å². The standard InChI is InChI=1S/C25H30N2O6/c1-4-5-13-32-25(31)19-7-6-8-20(15-19)26-22(28)11-12-24(30)33-16-23(29)27-21-10-9-17(2)18(3)14-21/h6-10,14-15H,4-5,11-13,16H2,1-3H3,(H,26,28)(H,27,29). The van der Waals surface area contributed by atoms with Crippen molar-refractivity contribution in [3.8, 4) is 0 Å². The molecule has 0 fully saturated rings. The summed E-state index contributed by atoms with van der Waals surface area (Å²) in [6, 6.07) is 11.9. The van der Waals surface area contributed by atoms with E-state index >= 15 is 0 Å². The van der Waals surface area contributed by atoms with Crippen LogP contribution >= 0.6 is 0 Å². The van der Waals surface area contributed by atoms with E-state index in [0.29, 0.717) is 23.5 Å². The van der Waals surface area contributed by atoms with Crippen molar-refractivity contribution in [1.29, 1.82) is 0 Å². The highest BCUT2D eigenvalue weighted by atomic mass is 16.5. The van der Waals surface area contributed by atoms with Crippen LogP contribution in [0.15, 0.2) is 42.5 Å². The Balaban J connectivity index is 1.72. The Kier molecular flexibility index (Phi) is 10.1. The number of amides is 2. The summed E-state index contributed by atoms with van der Waals surface area (Å²) in [5, 5.41) is 5.29. The average molecular weight is 455 g/mol. The van der Waals surface area contributed by atoms with Crippen molar-refractivity contribution in [1.82, 2.24) is 0 Å². The van der Waals surface area contributed by atoms with E-state index in [0.717, 1.165) is 24.0 Å². The molecular weight excluding hydrogens is 424 g/mol. The minimum atomic E-state index is -0.659. The Bertz CT molecular complexity index is 1000. The number of hydrogen-bond donors (Lipinski definition) is 2. The lowest BCUT2D eigenvalue weighted by Gasteiger charge is -2.09. The predicted octanol–water partition coefficient (Wildman–Crippen LogP) is 4.16. The molecule has 0 saturated heterocycles. The Hall–Kier alpha value is -3.68. The lowest BCUT2D eigenvalue weighted by molar-refractivity contribution is -0.147. The molecule has 176 valence electrons. The molecule has 2 aromatic carbocycles. The van der Waals surface area contributed by atoms with E-state index in [1.54, 1.807) is 24.3 Å². The molecule has 0 heterocycles. The molecule has 2 amide bonds. The first-order valence-corrected chi connectivity index (χ1v) is 10.9. The number of rotatable bonds is 11. The summed E-state index contributed by atoms with van der Waals surface area (Å²) in [6.07, 6.45) is 1.40. The first-order valence-electron chi connectivity index (χ1n) is 10.9. The van der Waals surface area contributed by atoms with Gasteiger partial charge in [0.2, 0.25) is 5.91 Å². The quantitative estimate of drug-likeness (QED) is 0.390. The van der Waals surface area contributed by atoms with Gasteiger partial charge in [-0.3, -0.25) is 14.4 Å². The van der Waals surface area contributed by atoms with Crippen LogP contribution in [0.25, 0.3) is 0 Å². The maximum Gasteiger partial charge on any atom is 0.338 e. The van der Waals surface area contributed by atoms with Crippen LogP contribution in [0, 0.1) is 13.8 Å². The number of anilines is 2. The maximum absolute atomic E-state index is 12.1. The molecule has 2 rings (SSSR count). The minimum Gasteiger partial charge on any atom is -0.462 e. The number of ether oxygens (including phenoxy) is 2. The summed E-state index contributed by atoms with van der Waals surface area (Å²) in [5.74, 6) is -1.99. The van der Waals surface area contributed by atoms with Gasteiger partial charge in [-0.2, -0.15) is 0 Å². The fourth-order valence-electron chi connectivity index (χ4n) is 2.79. The van der Waals surface area contributed by atoms with Gasteiger partial charge in [0, 0.05) is 17.8 Å². The largest absolute Gasteiger partial charge is 0.462 e. The third kappa shape index (κ3) is 9.14. The van der Waals surface area contributed by atoms with Crippen LogP contribution in [-0.4, -0.2) is 37.0 Å². The van der Waals surface area contributed by atoms with Gasteiger partial charge >= 0.3 is 11.9 Å². The molecule has 0 atom stereocenters. The van der Waals surface area contributed by atoms with Crippen molar-refractivity contribution in [2.75, 3.05) is 23.8 Å². The van der Waals surface area contributed by atoms with E-state index in [4.69, 9.17) is 9.47 Å². The van der Waals surface area contributed by atoms with Gasteiger partial charge in [0.15, 0.2) is 6.61 Å². The number of nitrogens with one attached hydrogen (secondary N) is 2. The zero-order chi connectivity index (χ0) is 24.2. The van der Waals surface area contributed by atoms with Crippen LogP contribution in [0.1, 0.15) is 54.1 Å². The van der Waals surface area contributed by atoms with Crippen LogP contribution in [0.4, 0.5) is 11.4 Å². The highest BCUT2D eigenvalue weighted by molar-refractivity contribution is 5.96. The zero-order valence-electron chi connectivity index (χ0n) is 19.2. The molecule has 0 bridgehead atoms. The molecule has 2 aromatic rings. The molecule has 0 spiro atoms. The van der Waals surface area contributed by atoms with Gasteiger partial charge in [-0.05, 0) is 61.7 Å². The lowest BCUT2D eigenvalue weighted by Crippen LogP contribution is -2.22. The number of benzene rings is 2. The van der Waals surface area contributed by atoms with Gasteiger partial charge in [0.05, 0.1) is 18.6 Å². The molecule has 8 heteroatoms. The van der Waals surface area contributed by atoms with E-state index in [2.05, 4.69) is 10.6 Å². The van der Waals surface area contributed by atoms with Crippen molar-refractivity contribution in [2.24, 2.45) is 0 Å². The van der Waals surface area contributed by atoms with E-state index < -0.39 is 30.4 Å². The Morgan fingerprint density at radius 3 is 2.27 bits per heavy atom. The van der Waals surface area contributed by atoms with E-state index in [1.165, 1.54) is 6.07 Å². The average Bonchev–Trinajstić information content (AvgIpc) is 2.79. The van der Waals surface area contributed by atoms with Crippen LogP contribution in [0.5, 0.6) is 0 Å². The summed E-state index contributed by atoms with van der Waals surface area (Å²) < 4.78 is 10.1. The van der Waals surface area contributed by atoms with Gasteiger partial charge in [0.1, 0.15) is 0 Å². The second-order valence-electron chi connectivity index (χ2n) is 7.63. The highest BCUT2D eigenvalue weighted by Gasteiger charge is 2.13. The number of carbonyl (C=O) groups excluding carboxylic acids is 4. The molecule has 0 aliphatic rings. The summed E-state index contributed by atoms with van der Waals surface area (Å²) in [5.41, 5.74) is 3.52. The first kappa shape index (κ1) is 25.6. The van der Waals surface area contributed by atoms with Gasteiger partial charge < -0.3 is 20.1 Å². The molecule has 8 nitrogen and oxygen atoms in total. The Morgan fingerprint density at radius 1 is 0.818 bits per heavy atom. The normalized spacial score (nSPS) is 10.3. The minimum absolute atomic E-state index is 0.122. The van der Waals surface area contributed by atoms with Crippen molar-refractivity contribution in [3.63, 3.8) is 0 Å². The van der Waals surface area contributed by atoms with Gasteiger partial charge in [-0.25, -0.2) is 4.79 Å². The first-order chi connectivity index (χ1) is 15.8. The summed E-state index contributed by atoms with van der Waals surface area (Å²) >= 11 is 0. The van der Waals surface area contributed by atoms with Crippen LogP contribution in [0.3, 0.4) is 0 Å². The van der Waals surface area contributed by atoms with Crippen molar-refractivity contribution >= 4 is 35.1 Å². The topological polar surface area (TPSA) is 111 Å². The van der Waals surface area contributed by atoms with Gasteiger partial charge in [-0.1, -0.05) is 25.5 Å². The number of hydrogen-bond acceptors (Lipinski definition) is 6. The third-order valence-corrected chi connectivity index (χ3v) is 4.82. The maximum atomic E-state index is 12.1. The van der Waals surface area contributed by atoms with E-state index in [-0.39, 0.29) is 12.8 Å². The Labute approximate surface area is 193 Å². The molecule has 0 aliphatic heterocycles. The van der Waals surface area contributed by atoms with Gasteiger partial charge in [0.25, 0.3) is 5.91 Å². The molecule has 33 heavy (non-hydrogen) atoms. The summed E-state index contributed by atoms with van der Waals surface area (Å²) in [4.78, 5) is 48.0. The van der Waals surface area contributed by atoms with Crippen LogP contribution in [-0.2, 0) is 23.9 Å². The number of unbranched alkanes of at least 4 members (excludes halogenated alkanes) is 1. The SMILES string of the molecule is CCCCOC(=O)c1cccc(NC(=O)CCC(=O)OCC(=O)Nc2ccc(C)c(C)c2)c1.